The molecule has 1 aromatic heterocycles. The van der Waals surface area contributed by atoms with Gasteiger partial charge in [0.15, 0.2) is 0 Å². The normalized spacial score (nSPS) is 10.6. The molecule has 0 atom stereocenters. The zero-order valence-corrected chi connectivity index (χ0v) is 19.2. The number of halogens is 2. The number of nitrogens with one attached hydrogen (secondary N) is 1. The van der Waals surface area contributed by atoms with Gasteiger partial charge in [0.2, 0.25) is 0 Å². The molecule has 3 aromatic rings. The number of hydrogen-bond acceptors (Lipinski definition) is 4. The maximum Gasteiger partial charge on any atom is 0.312 e. The highest BCUT2D eigenvalue weighted by Crippen LogP contribution is 2.27. The van der Waals surface area contributed by atoms with E-state index in [1.807, 2.05) is 30.3 Å². The Hall–Kier alpha value is -3.16. The number of amides is 2. The van der Waals surface area contributed by atoms with Crippen LogP contribution < -0.4 is 26.1 Å². The lowest BCUT2D eigenvalue weighted by molar-refractivity contribution is 0.248. The van der Waals surface area contributed by atoms with Gasteiger partial charge in [-0.3, -0.25) is 4.79 Å². The molecule has 168 valence electrons. The van der Waals surface area contributed by atoms with Crippen LogP contribution in [0.25, 0.3) is 0 Å². The number of aryl methyl sites for hydroxylation is 1. The second kappa shape index (κ2) is 10.4. The van der Waals surface area contributed by atoms with Crippen LogP contribution in [0.15, 0.2) is 53.3 Å². The standard InChI is InChI=1S/C23H23Cl2N3O4/c1-14-9-20(32-13-17-6-4-3-5-16(17)11-27-23(26)30)21(25)22(29)28(14)12-15-7-8-19(31-2)18(24)10-15/h3-10H,11-13H2,1-2H3,(H3,26,27,30). The summed E-state index contributed by atoms with van der Waals surface area (Å²) in [5.41, 5.74) is 8.00. The van der Waals surface area contributed by atoms with Crippen LogP contribution in [0.1, 0.15) is 22.4 Å². The van der Waals surface area contributed by atoms with Gasteiger partial charge in [0.1, 0.15) is 23.1 Å². The van der Waals surface area contributed by atoms with E-state index in [0.29, 0.717) is 23.0 Å². The number of aromatic nitrogens is 1. The molecule has 1 heterocycles. The van der Waals surface area contributed by atoms with Gasteiger partial charge in [-0.2, -0.15) is 0 Å². The number of carbonyl (C=O) groups is 1. The summed E-state index contributed by atoms with van der Waals surface area (Å²) in [5.74, 6) is 0.850. The van der Waals surface area contributed by atoms with Crippen molar-refractivity contribution in [1.82, 2.24) is 9.88 Å². The Labute approximate surface area is 195 Å². The molecule has 2 aromatic carbocycles. The summed E-state index contributed by atoms with van der Waals surface area (Å²) < 4.78 is 12.6. The maximum atomic E-state index is 12.9. The molecule has 0 bridgehead atoms. The predicted molar refractivity (Wildman–Crippen MR) is 125 cm³/mol. The van der Waals surface area contributed by atoms with Crippen LogP contribution in [0.3, 0.4) is 0 Å². The van der Waals surface area contributed by atoms with Gasteiger partial charge >= 0.3 is 6.03 Å². The van der Waals surface area contributed by atoms with E-state index in [4.69, 9.17) is 38.4 Å². The molecule has 2 amide bonds. The van der Waals surface area contributed by atoms with Crippen molar-refractivity contribution in [3.05, 3.63) is 91.3 Å². The van der Waals surface area contributed by atoms with E-state index < -0.39 is 6.03 Å². The Morgan fingerprint density at radius 3 is 2.47 bits per heavy atom. The summed E-state index contributed by atoms with van der Waals surface area (Å²) in [5, 5.41) is 3.01. The number of nitrogens with zero attached hydrogens (tertiary/aromatic N) is 1. The number of hydrogen-bond donors (Lipinski definition) is 2. The summed E-state index contributed by atoms with van der Waals surface area (Å²) >= 11 is 12.5. The first-order chi connectivity index (χ1) is 15.3. The van der Waals surface area contributed by atoms with Crippen molar-refractivity contribution >= 4 is 29.2 Å². The Morgan fingerprint density at radius 1 is 1.09 bits per heavy atom. The van der Waals surface area contributed by atoms with Crippen molar-refractivity contribution in [3.63, 3.8) is 0 Å². The van der Waals surface area contributed by atoms with Gasteiger partial charge in [0, 0.05) is 18.3 Å². The molecule has 0 aliphatic heterocycles. The molecule has 32 heavy (non-hydrogen) atoms. The highest BCUT2D eigenvalue weighted by molar-refractivity contribution is 6.32. The minimum atomic E-state index is -0.610. The topological polar surface area (TPSA) is 95.6 Å². The van der Waals surface area contributed by atoms with E-state index in [1.165, 1.54) is 0 Å². The van der Waals surface area contributed by atoms with Crippen molar-refractivity contribution in [3.8, 4) is 11.5 Å². The Morgan fingerprint density at radius 2 is 1.81 bits per heavy atom. The van der Waals surface area contributed by atoms with Crippen LogP contribution in [-0.2, 0) is 19.7 Å². The quantitative estimate of drug-likeness (QED) is 0.508. The Bertz CT molecular complexity index is 1190. The minimum Gasteiger partial charge on any atom is -0.495 e. The molecule has 3 N–H and O–H groups in total. The van der Waals surface area contributed by atoms with Crippen LogP contribution in [0.5, 0.6) is 11.5 Å². The van der Waals surface area contributed by atoms with Crippen LogP contribution in [0.4, 0.5) is 4.79 Å². The highest BCUT2D eigenvalue weighted by atomic mass is 35.5. The van der Waals surface area contributed by atoms with Crippen molar-refractivity contribution in [2.75, 3.05) is 7.11 Å². The lowest BCUT2D eigenvalue weighted by Crippen LogP contribution is -2.29. The second-order valence-electron chi connectivity index (χ2n) is 7.10. The first-order valence-corrected chi connectivity index (χ1v) is 10.5. The lowest BCUT2D eigenvalue weighted by Gasteiger charge is -2.16. The van der Waals surface area contributed by atoms with E-state index >= 15 is 0 Å². The van der Waals surface area contributed by atoms with E-state index in [9.17, 15) is 9.59 Å². The third kappa shape index (κ3) is 5.55. The smallest absolute Gasteiger partial charge is 0.312 e. The molecule has 0 saturated carbocycles. The van der Waals surface area contributed by atoms with Crippen LogP contribution in [-0.4, -0.2) is 17.7 Å². The fraction of sp³-hybridized carbons (Fsp3) is 0.217. The number of benzene rings is 2. The van der Waals surface area contributed by atoms with Gasteiger partial charge in [0.05, 0.1) is 18.7 Å². The molecule has 0 fully saturated rings. The third-order valence-corrected chi connectivity index (χ3v) is 5.57. The second-order valence-corrected chi connectivity index (χ2v) is 7.88. The molecule has 7 nitrogen and oxygen atoms in total. The van der Waals surface area contributed by atoms with Gasteiger partial charge in [0.25, 0.3) is 5.56 Å². The van der Waals surface area contributed by atoms with Crippen molar-refractivity contribution in [1.29, 1.82) is 0 Å². The molecular formula is C23H23Cl2N3O4. The van der Waals surface area contributed by atoms with Gasteiger partial charge < -0.3 is 25.1 Å². The first kappa shape index (κ1) is 23.5. The lowest BCUT2D eigenvalue weighted by atomic mass is 10.1. The molecule has 3 rings (SSSR count). The van der Waals surface area contributed by atoms with E-state index in [0.717, 1.165) is 16.7 Å². The SMILES string of the molecule is COc1ccc(Cn2c(C)cc(OCc3ccccc3CNC(N)=O)c(Cl)c2=O)cc1Cl. The average molecular weight is 476 g/mol. The summed E-state index contributed by atoms with van der Waals surface area (Å²) in [7, 11) is 1.54. The number of primary amides is 1. The number of carbonyl (C=O) groups excluding carboxylic acids is 1. The molecular weight excluding hydrogens is 453 g/mol. The van der Waals surface area contributed by atoms with Gasteiger partial charge in [-0.1, -0.05) is 53.5 Å². The molecule has 0 saturated heterocycles. The Kier molecular flexibility index (Phi) is 7.66. The molecule has 9 heteroatoms. The number of methoxy groups -OCH3 is 1. The van der Waals surface area contributed by atoms with E-state index in [2.05, 4.69) is 5.32 Å². The van der Waals surface area contributed by atoms with Crippen LogP contribution >= 0.6 is 23.2 Å². The van der Waals surface area contributed by atoms with Crippen LogP contribution in [0, 0.1) is 6.92 Å². The summed E-state index contributed by atoms with van der Waals surface area (Å²) in [4.78, 5) is 23.9. The van der Waals surface area contributed by atoms with Gasteiger partial charge in [-0.25, -0.2) is 4.79 Å². The molecule has 0 radical (unpaired) electrons. The highest BCUT2D eigenvalue weighted by Gasteiger charge is 2.14. The monoisotopic (exact) mass is 475 g/mol. The average Bonchev–Trinajstić information content (AvgIpc) is 2.77. The van der Waals surface area contributed by atoms with E-state index in [-0.39, 0.29) is 29.5 Å². The summed E-state index contributed by atoms with van der Waals surface area (Å²) in [6.07, 6.45) is 0. The fourth-order valence-corrected chi connectivity index (χ4v) is 3.71. The zero-order chi connectivity index (χ0) is 23.3. The van der Waals surface area contributed by atoms with Crippen molar-refractivity contribution in [2.24, 2.45) is 5.73 Å². The summed E-state index contributed by atoms with van der Waals surface area (Å²) in [6, 6.07) is 13.9. The maximum absolute atomic E-state index is 12.9. The predicted octanol–water partition coefficient (Wildman–Crippen LogP) is 4.27. The Balaban J connectivity index is 1.80. The minimum absolute atomic E-state index is 0.0112. The number of rotatable bonds is 8. The number of urea groups is 1. The van der Waals surface area contributed by atoms with Crippen molar-refractivity contribution < 1.29 is 14.3 Å². The molecule has 0 unspecified atom stereocenters. The zero-order valence-electron chi connectivity index (χ0n) is 17.7. The van der Waals surface area contributed by atoms with Crippen molar-refractivity contribution in [2.45, 2.75) is 26.6 Å². The number of nitrogens with two attached hydrogens (primary N) is 1. The number of pyridine rings is 1. The first-order valence-electron chi connectivity index (χ1n) is 9.75. The van der Waals surface area contributed by atoms with Crippen LogP contribution in [0.2, 0.25) is 10.0 Å². The van der Waals surface area contributed by atoms with Gasteiger partial charge in [-0.05, 0) is 35.7 Å². The number of ether oxygens (including phenoxy) is 2. The molecule has 0 spiro atoms. The van der Waals surface area contributed by atoms with Gasteiger partial charge in [-0.15, -0.1) is 0 Å². The third-order valence-electron chi connectivity index (χ3n) is 4.93. The summed E-state index contributed by atoms with van der Waals surface area (Å²) in [6.45, 7) is 2.55. The molecule has 0 aliphatic rings. The largest absolute Gasteiger partial charge is 0.495 e. The molecule has 0 aliphatic carbocycles. The fourth-order valence-electron chi connectivity index (χ4n) is 3.22. The van der Waals surface area contributed by atoms with E-state index in [1.54, 1.807) is 36.8 Å².